The second-order valence-electron chi connectivity index (χ2n) is 6.38. The number of rotatable bonds is 4. The Morgan fingerprint density at radius 2 is 1.57 bits per heavy atom. The Bertz CT molecular complexity index is 374. The first-order valence-electron chi connectivity index (χ1n) is 7.75. The summed E-state index contributed by atoms with van der Waals surface area (Å²) in [5.41, 5.74) is -0.218. The average molecular weight is 332 g/mol. The minimum Gasteiger partial charge on any atom is -0.473 e. The Morgan fingerprint density at radius 1 is 1.04 bits per heavy atom. The van der Waals surface area contributed by atoms with Crippen molar-refractivity contribution in [1.29, 1.82) is 0 Å². The minimum atomic E-state index is -1.82. The molecule has 1 fully saturated rings. The van der Waals surface area contributed by atoms with Gasteiger partial charge in [0.15, 0.2) is 0 Å². The molecule has 1 aliphatic rings. The molecule has 0 bridgehead atoms. The van der Waals surface area contributed by atoms with Crippen LogP contribution in [0.15, 0.2) is 0 Å². The van der Waals surface area contributed by atoms with Crippen molar-refractivity contribution in [3.8, 4) is 0 Å². The summed E-state index contributed by atoms with van der Waals surface area (Å²) in [5, 5.41) is 17.6. The normalized spacial score (nSPS) is 15.1. The van der Waals surface area contributed by atoms with Crippen molar-refractivity contribution < 1.29 is 29.3 Å². The molecule has 0 spiro atoms. The van der Waals surface area contributed by atoms with Crippen LogP contribution in [-0.2, 0) is 14.3 Å². The molecule has 1 saturated heterocycles. The van der Waals surface area contributed by atoms with E-state index in [2.05, 4.69) is 10.2 Å². The van der Waals surface area contributed by atoms with E-state index >= 15 is 0 Å². The third-order valence-corrected chi connectivity index (χ3v) is 2.96. The molecule has 134 valence electrons. The Hall–Kier alpha value is -1.83. The number of carboxylic acid groups (broad SMARTS) is 2. The zero-order chi connectivity index (χ0) is 17.9. The number of aliphatic carboxylic acids is 2. The van der Waals surface area contributed by atoms with E-state index in [4.69, 9.17) is 24.5 Å². The summed E-state index contributed by atoms with van der Waals surface area (Å²) in [7, 11) is 0. The number of likely N-dealkylation sites (tertiary alicyclic amines) is 1. The van der Waals surface area contributed by atoms with Crippen LogP contribution in [0.25, 0.3) is 0 Å². The number of ether oxygens (including phenoxy) is 1. The molecule has 0 unspecified atom stereocenters. The van der Waals surface area contributed by atoms with Gasteiger partial charge in [0, 0.05) is 12.1 Å². The third-order valence-electron chi connectivity index (χ3n) is 2.96. The fraction of sp³-hybridized carbons (Fsp3) is 0.800. The number of amides is 1. The number of carbonyl (C=O) groups excluding carboxylic acids is 1. The van der Waals surface area contributed by atoms with E-state index in [1.165, 1.54) is 32.4 Å². The van der Waals surface area contributed by atoms with Gasteiger partial charge in [0.1, 0.15) is 0 Å². The highest BCUT2D eigenvalue weighted by atomic mass is 16.5. The fourth-order valence-electron chi connectivity index (χ4n) is 1.98. The topological polar surface area (TPSA) is 116 Å². The Labute approximate surface area is 136 Å². The highest BCUT2D eigenvalue weighted by Gasteiger charge is 2.14. The number of alkyl carbamates (subject to hydrolysis) is 1. The quantitative estimate of drug-likeness (QED) is 0.528. The minimum absolute atomic E-state index is 0.218. The lowest BCUT2D eigenvalue weighted by atomic mass is 10.1. The van der Waals surface area contributed by atoms with Crippen LogP contribution in [0.5, 0.6) is 0 Å². The monoisotopic (exact) mass is 332 g/mol. The van der Waals surface area contributed by atoms with E-state index in [1.807, 2.05) is 20.8 Å². The Kier molecular flexibility index (Phi) is 9.96. The van der Waals surface area contributed by atoms with Crippen LogP contribution in [0.4, 0.5) is 4.79 Å². The molecule has 0 aromatic heterocycles. The maximum Gasteiger partial charge on any atom is 0.414 e. The first kappa shape index (κ1) is 21.2. The highest BCUT2D eigenvalue weighted by Crippen LogP contribution is 2.08. The van der Waals surface area contributed by atoms with Crippen LogP contribution in [0, 0.1) is 0 Å². The zero-order valence-electron chi connectivity index (χ0n) is 14.1. The van der Waals surface area contributed by atoms with E-state index < -0.39 is 11.9 Å². The number of hydrogen-bond acceptors (Lipinski definition) is 5. The molecule has 0 aliphatic carbocycles. The van der Waals surface area contributed by atoms with Gasteiger partial charge in [0.05, 0.1) is 6.61 Å². The lowest BCUT2D eigenvalue weighted by molar-refractivity contribution is -0.159. The van der Waals surface area contributed by atoms with Gasteiger partial charge in [-0.3, -0.25) is 0 Å². The van der Waals surface area contributed by atoms with Crippen molar-refractivity contribution in [2.75, 3.05) is 26.2 Å². The molecule has 1 amide bonds. The molecule has 1 heterocycles. The van der Waals surface area contributed by atoms with Gasteiger partial charge < -0.3 is 25.2 Å². The molecule has 8 nitrogen and oxygen atoms in total. The van der Waals surface area contributed by atoms with Crippen LogP contribution in [-0.4, -0.2) is 64.9 Å². The summed E-state index contributed by atoms with van der Waals surface area (Å²) in [6.07, 6.45) is 4.60. The van der Waals surface area contributed by atoms with E-state index in [9.17, 15) is 4.79 Å². The van der Waals surface area contributed by atoms with Gasteiger partial charge in [0.2, 0.25) is 0 Å². The van der Waals surface area contributed by atoms with Crippen molar-refractivity contribution in [3.63, 3.8) is 0 Å². The molecule has 8 heteroatoms. The fourth-order valence-corrected chi connectivity index (χ4v) is 1.98. The van der Waals surface area contributed by atoms with E-state index in [0.717, 1.165) is 13.0 Å². The molecular formula is C15H28N2O6. The van der Waals surface area contributed by atoms with Gasteiger partial charge in [-0.05, 0) is 53.1 Å². The first-order valence-corrected chi connectivity index (χ1v) is 7.75. The van der Waals surface area contributed by atoms with Gasteiger partial charge in [-0.2, -0.15) is 0 Å². The number of nitrogens with zero attached hydrogens (tertiary/aromatic N) is 1. The second-order valence-corrected chi connectivity index (χ2v) is 6.38. The maximum atomic E-state index is 11.4. The largest absolute Gasteiger partial charge is 0.473 e. The Balaban J connectivity index is 0.000000688. The van der Waals surface area contributed by atoms with Crippen molar-refractivity contribution in [1.82, 2.24) is 10.2 Å². The molecule has 0 radical (unpaired) electrons. The van der Waals surface area contributed by atoms with Crippen molar-refractivity contribution >= 4 is 18.0 Å². The lowest BCUT2D eigenvalue weighted by Crippen LogP contribution is -2.41. The standard InChI is InChI=1S/C13H26N2O2.C2H2O4/c1-13(2,3)14-12(16)17-11-7-10-15-8-5-4-6-9-15;3-1(4)2(5)6/h4-11H2,1-3H3,(H,14,16);(H,3,4)(H,5,6). The molecule has 0 saturated carbocycles. The SMILES string of the molecule is CC(C)(C)NC(=O)OCCCN1CCCCC1.O=C(O)C(=O)O. The molecular weight excluding hydrogens is 304 g/mol. The van der Waals surface area contributed by atoms with Crippen LogP contribution in [0.1, 0.15) is 46.5 Å². The van der Waals surface area contributed by atoms with Gasteiger partial charge in [-0.1, -0.05) is 6.42 Å². The predicted octanol–water partition coefficient (Wildman–Crippen LogP) is 1.54. The van der Waals surface area contributed by atoms with Crippen molar-refractivity contribution in [2.45, 2.75) is 52.0 Å². The zero-order valence-corrected chi connectivity index (χ0v) is 14.1. The van der Waals surface area contributed by atoms with Crippen molar-refractivity contribution in [3.05, 3.63) is 0 Å². The van der Waals surface area contributed by atoms with E-state index in [-0.39, 0.29) is 11.6 Å². The van der Waals surface area contributed by atoms with Gasteiger partial charge >= 0.3 is 18.0 Å². The predicted molar refractivity (Wildman–Crippen MR) is 84.4 cm³/mol. The molecule has 0 aromatic rings. The average Bonchev–Trinajstić information content (AvgIpc) is 2.43. The number of hydrogen-bond donors (Lipinski definition) is 3. The highest BCUT2D eigenvalue weighted by molar-refractivity contribution is 6.27. The summed E-state index contributed by atoms with van der Waals surface area (Å²) in [4.78, 5) is 32.0. The van der Waals surface area contributed by atoms with Gasteiger partial charge in [-0.15, -0.1) is 0 Å². The molecule has 1 rings (SSSR count). The molecule has 23 heavy (non-hydrogen) atoms. The van der Waals surface area contributed by atoms with Gasteiger partial charge in [-0.25, -0.2) is 14.4 Å². The number of piperidine rings is 1. The summed E-state index contributed by atoms with van der Waals surface area (Å²) < 4.78 is 5.13. The molecule has 0 atom stereocenters. The maximum absolute atomic E-state index is 11.4. The van der Waals surface area contributed by atoms with E-state index in [0.29, 0.717) is 6.61 Å². The summed E-state index contributed by atoms with van der Waals surface area (Å²) in [6, 6.07) is 0. The summed E-state index contributed by atoms with van der Waals surface area (Å²) in [6.45, 7) is 9.80. The second kappa shape index (κ2) is 10.8. The molecule has 3 N–H and O–H groups in total. The summed E-state index contributed by atoms with van der Waals surface area (Å²) >= 11 is 0. The first-order chi connectivity index (χ1) is 10.6. The van der Waals surface area contributed by atoms with Crippen LogP contribution < -0.4 is 5.32 Å². The molecule has 1 aliphatic heterocycles. The number of nitrogens with one attached hydrogen (secondary N) is 1. The Morgan fingerprint density at radius 3 is 2.00 bits per heavy atom. The molecule has 0 aromatic carbocycles. The van der Waals surface area contributed by atoms with Gasteiger partial charge in [0.25, 0.3) is 0 Å². The summed E-state index contributed by atoms with van der Waals surface area (Å²) in [5.74, 6) is -3.65. The van der Waals surface area contributed by atoms with Crippen LogP contribution in [0.3, 0.4) is 0 Å². The smallest absolute Gasteiger partial charge is 0.414 e. The van der Waals surface area contributed by atoms with Crippen LogP contribution >= 0.6 is 0 Å². The van der Waals surface area contributed by atoms with Crippen LogP contribution in [0.2, 0.25) is 0 Å². The van der Waals surface area contributed by atoms with Crippen molar-refractivity contribution in [2.24, 2.45) is 0 Å². The number of carboxylic acids is 2. The third kappa shape index (κ3) is 13.5. The number of carbonyl (C=O) groups is 3. The van der Waals surface area contributed by atoms with E-state index in [1.54, 1.807) is 0 Å². The lowest BCUT2D eigenvalue weighted by Gasteiger charge is -2.26.